The van der Waals surface area contributed by atoms with E-state index in [9.17, 15) is 0 Å². The summed E-state index contributed by atoms with van der Waals surface area (Å²) in [5, 5.41) is 5.28. The van der Waals surface area contributed by atoms with Crippen molar-refractivity contribution in [2.24, 2.45) is 7.05 Å². The highest BCUT2D eigenvalue weighted by atomic mass is 16.5. The number of nitrogens with zero attached hydrogens (tertiary/aromatic N) is 3. The van der Waals surface area contributed by atoms with Crippen molar-refractivity contribution >= 4 is 10.9 Å². The lowest BCUT2D eigenvalue weighted by molar-refractivity contribution is 0.192. The van der Waals surface area contributed by atoms with E-state index in [-0.39, 0.29) is 5.92 Å². The van der Waals surface area contributed by atoms with Crippen LogP contribution in [0.2, 0.25) is 0 Å². The van der Waals surface area contributed by atoms with Gasteiger partial charge in [-0.1, -0.05) is 23.4 Å². The van der Waals surface area contributed by atoms with Gasteiger partial charge >= 0.3 is 0 Å². The van der Waals surface area contributed by atoms with Gasteiger partial charge < -0.3 is 13.8 Å². The van der Waals surface area contributed by atoms with E-state index in [4.69, 9.17) is 9.26 Å². The molecule has 1 aromatic carbocycles. The molecule has 1 saturated heterocycles. The van der Waals surface area contributed by atoms with Gasteiger partial charge in [-0.2, -0.15) is 4.98 Å². The van der Waals surface area contributed by atoms with Crippen molar-refractivity contribution < 1.29 is 9.26 Å². The quantitative estimate of drug-likeness (QED) is 0.717. The second kappa shape index (κ2) is 4.45. The Kier molecular flexibility index (Phi) is 2.60. The van der Waals surface area contributed by atoms with Crippen molar-refractivity contribution in [1.29, 1.82) is 0 Å². The maximum atomic E-state index is 5.44. The van der Waals surface area contributed by atoms with Gasteiger partial charge in [0, 0.05) is 30.5 Å². The zero-order valence-electron chi connectivity index (χ0n) is 11.2. The van der Waals surface area contributed by atoms with Crippen molar-refractivity contribution in [3.63, 3.8) is 0 Å². The summed E-state index contributed by atoms with van der Waals surface area (Å²) in [5.74, 6) is 1.59. The van der Waals surface area contributed by atoms with E-state index in [1.807, 2.05) is 19.2 Å². The maximum absolute atomic E-state index is 5.44. The fourth-order valence-corrected chi connectivity index (χ4v) is 2.74. The molecule has 5 heteroatoms. The summed E-state index contributed by atoms with van der Waals surface area (Å²) < 4.78 is 12.9. The summed E-state index contributed by atoms with van der Waals surface area (Å²) in [5.41, 5.74) is 2.11. The molecule has 1 fully saturated rings. The first-order valence-electron chi connectivity index (χ1n) is 6.79. The average Bonchev–Trinajstić information content (AvgIpc) is 3.17. The van der Waals surface area contributed by atoms with Gasteiger partial charge in [-0.15, -0.1) is 0 Å². The highest BCUT2D eigenvalue weighted by Crippen LogP contribution is 2.28. The standard InChI is InChI=1S/C15H15N3O2/c1-18-12-5-3-2-4-10(12)8-13(18)15-16-14(17-20-15)11-6-7-19-9-11/h2-5,8,11H,6-7,9H2,1H3/t11-/m0/s1. The number of benzene rings is 1. The van der Waals surface area contributed by atoms with Crippen LogP contribution in [0.1, 0.15) is 18.2 Å². The van der Waals surface area contributed by atoms with Crippen LogP contribution in [-0.2, 0) is 11.8 Å². The third kappa shape index (κ3) is 1.74. The van der Waals surface area contributed by atoms with E-state index in [0.717, 1.165) is 30.1 Å². The minimum atomic E-state index is 0.266. The minimum absolute atomic E-state index is 0.266. The zero-order valence-corrected chi connectivity index (χ0v) is 11.2. The summed E-state index contributed by atoms with van der Waals surface area (Å²) in [7, 11) is 2.01. The van der Waals surface area contributed by atoms with Gasteiger partial charge in [0.05, 0.1) is 6.61 Å². The first-order valence-corrected chi connectivity index (χ1v) is 6.79. The molecule has 3 aromatic rings. The van der Waals surface area contributed by atoms with Crippen LogP contribution in [0, 0.1) is 0 Å². The molecular formula is C15H15N3O2. The monoisotopic (exact) mass is 269 g/mol. The summed E-state index contributed by atoms with van der Waals surface area (Å²) in [4.78, 5) is 4.54. The molecule has 0 N–H and O–H groups in total. The number of rotatable bonds is 2. The highest BCUT2D eigenvalue weighted by Gasteiger charge is 2.24. The Morgan fingerprint density at radius 1 is 1.30 bits per heavy atom. The largest absolute Gasteiger partial charge is 0.381 e. The Morgan fingerprint density at radius 3 is 3.00 bits per heavy atom. The molecular weight excluding hydrogens is 254 g/mol. The van der Waals surface area contributed by atoms with Crippen LogP contribution in [0.5, 0.6) is 0 Å². The molecule has 4 rings (SSSR count). The molecule has 2 aromatic heterocycles. The molecule has 20 heavy (non-hydrogen) atoms. The lowest BCUT2D eigenvalue weighted by Crippen LogP contribution is -2.00. The second-order valence-corrected chi connectivity index (χ2v) is 5.17. The molecule has 0 aliphatic carbocycles. The van der Waals surface area contributed by atoms with Crippen molar-refractivity contribution in [3.8, 4) is 11.6 Å². The third-order valence-corrected chi connectivity index (χ3v) is 3.91. The first kappa shape index (κ1) is 11.7. The normalized spacial score (nSPS) is 18.9. The summed E-state index contributed by atoms with van der Waals surface area (Å²) in [6, 6.07) is 10.3. The molecule has 1 atom stereocenters. The first-order chi connectivity index (χ1) is 9.83. The van der Waals surface area contributed by atoms with Gasteiger partial charge in [0.25, 0.3) is 5.89 Å². The Hall–Kier alpha value is -2.14. The minimum Gasteiger partial charge on any atom is -0.381 e. The van der Waals surface area contributed by atoms with Gasteiger partial charge in [-0.05, 0) is 18.6 Å². The molecule has 0 amide bonds. The van der Waals surface area contributed by atoms with Gasteiger partial charge in [0.2, 0.25) is 0 Å². The van der Waals surface area contributed by atoms with E-state index >= 15 is 0 Å². The zero-order chi connectivity index (χ0) is 13.5. The van der Waals surface area contributed by atoms with Gasteiger partial charge in [-0.25, -0.2) is 0 Å². The molecule has 0 unspecified atom stereocenters. The van der Waals surface area contributed by atoms with E-state index in [2.05, 4.69) is 32.9 Å². The summed E-state index contributed by atoms with van der Waals surface area (Å²) >= 11 is 0. The lowest BCUT2D eigenvalue weighted by Gasteiger charge is -1.99. The molecule has 3 heterocycles. The van der Waals surface area contributed by atoms with Crippen molar-refractivity contribution in [1.82, 2.24) is 14.7 Å². The number of hydrogen-bond donors (Lipinski definition) is 0. The number of ether oxygens (including phenoxy) is 1. The maximum Gasteiger partial charge on any atom is 0.274 e. The van der Waals surface area contributed by atoms with E-state index in [1.54, 1.807) is 0 Å². The topological polar surface area (TPSA) is 53.1 Å². The smallest absolute Gasteiger partial charge is 0.274 e. The van der Waals surface area contributed by atoms with Crippen LogP contribution < -0.4 is 0 Å². The van der Waals surface area contributed by atoms with Gasteiger partial charge in [-0.3, -0.25) is 0 Å². The second-order valence-electron chi connectivity index (χ2n) is 5.17. The molecule has 5 nitrogen and oxygen atoms in total. The molecule has 1 aliphatic heterocycles. The fraction of sp³-hybridized carbons (Fsp3) is 0.333. The number of hydrogen-bond acceptors (Lipinski definition) is 4. The Morgan fingerprint density at radius 2 is 2.20 bits per heavy atom. The van der Waals surface area contributed by atoms with Gasteiger partial charge in [0.15, 0.2) is 5.82 Å². The van der Waals surface area contributed by atoms with Crippen LogP contribution in [-0.4, -0.2) is 27.9 Å². The third-order valence-electron chi connectivity index (χ3n) is 3.91. The van der Waals surface area contributed by atoms with Crippen LogP contribution >= 0.6 is 0 Å². The molecule has 102 valence electrons. The predicted octanol–water partition coefficient (Wildman–Crippen LogP) is 2.73. The van der Waals surface area contributed by atoms with Gasteiger partial charge in [0.1, 0.15) is 5.69 Å². The Bertz CT molecular complexity index is 753. The van der Waals surface area contributed by atoms with Crippen molar-refractivity contribution in [2.45, 2.75) is 12.3 Å². The van der Waals surface area contributed by atoms with Crippen LogP contribution in [0.3, 0.4) is 0 Å². The number of aromatic nitrogens is 3. The summed E-state index contributed by atoms with van der Waals surface area (Å²) in [6.45, 7) is 1.47. The van der Waals surface area contributed by atoms with E-state index in [0.29, 0.717) is 12.5 Å². The van der Waals surface area contributed by atoms with Crippen molar-refractivity contribution in [3.05, 3.63) is 36.2 Å². The lowest BCUT2D eigenvalue weighted by atomic mass is 10.1. The van der Waals surface area contributed by atoms with E-state index in [1.165, 1.54) is 5.39 Å². The number of aryl methyl sites for hydroxylation is 1. The highest BCUT2D eigenvalue weighted by molar-refractivity contribution is 5.85. The Labute approximate surface area is 116 Å². The Balaban J connectivity index is 1.77. The fourth-order valence-electron chi connectivity index (χ4n) is 2.74. The molecule has 0 radical (unpaired) electrons. The molecule has 1 aliphatic rings. The molecule has 0 spiro atoms. The summed E-state index contributed by atoms with van der Waals surface area (Å²) in [6.07, 6.45) is 0.966. The van der Waals surface area contributed by atoms with Crippen LogP contribution in [0.15, 0.2) is 34.9 Å². The average molecular weight is 269 g/mol. The molecule has 0 saturated carbocycles. The van der Waals surface area contributed by atoms with Crippen molar-refractivity contribution in [2.75, 3.05) is 13.2 Å². The molecule has 0 bridgehead atoms. The van der Waals surface area contributed by atoms with E-state index < -0.39 is 0 Å². The SMILES string of the molecule is Cn1c(-c2nc([C@H]3CCOC3)no2)cc2ccccc21. The number of para-hydroxylation sites is 1. The number of fused-ring (bicyclic) bond motifs is 1. The van der Waals surface area contributed by atoms with Crippen LogP contribution in [0.4, 0.5) is 0 Å². The predicted molar refractivity (Wildman–Crippen MR) is 74.4 cm³/mol. The van der Waals surface area contributed by atoms with Crippen LogP contribution in [0.25, 0.3) is 22.5 Å².